The molecule has 1 aliphatic heterocycles. The molecule has 1 aliphatic rings. The number of ether oxygens (including phenoxy) is 1. The lowest BCUT2D eigenvalue weighted by Gasteiger charge is -2.18. The average Bonchev–Trinajstić information content (AvgIpc) is 2.73. The number of amides is 1. The second-order valence-electron chi connectivity index (χ2n) is 6.33. The van der Waals surface area contributed by atoms with Crippen LogP contribution in [0, 0.1) is 0 Å². The van der Waals surface area contributed by atoms with E-state index in [4.69, 9.17) is 4.74 Å². The number of nitrogens with zero attached hydrogens (tertiary/aromatic N) is 1. The number of hydrogen-bond donors (Lipinski definition) is 0. The molecule has 0 atom stereocenters. The van der Waals surface area contributed by atoms with Crippen molar-refractivity contribution in [3.8, 4) is 0 Å². The molecule has 3 nitrogen and oxygen atoms in total. The molecular formula is C19H35NO2. The minimum absolute atomic E-state index is 0.104. The fourth-order valence-electron chi connectivity index (χ4n) is 2.78. The van der Waals surface area contributed by atoms with E-state index in [-0.39, 0.29) is 6.09 Å². The van der Waals surface area contributed by atoms with Gasteiger partial charge in [0, 0.05) is 13.1 Å². The Hall–Kier alpha value is -0.990. The van der Waals surface area contributed by atoms with E-state index in [0.717, 1.165) is 32.4 Å². The Balaban J connectivity index is 1.87. The second-order valence-corrected chi connectivity index (χ2v) is 6.33. The normalized spacial score (nSPS) is 16.0. The topological polar surface area (TPSA) is 29.5 Å². The van der Waals surface area contributed by atoms with Crippen LogP contribution in [0.15, 0.2) is 12.2 Å². The smallest absolute Gasteiger partial charge is 0.409 e. The maximum absolute atomic E-state index is 11.6. The molecule has 22 heavy (non-hydrogen) atoms. The summed E-state index contributed by atoms with van der Waals surface area (Å²) in [6, 6.07) is 0. The van der Waals surface area contributed by atoms with Crippen molar-refractivity contribution in [2.24, 2.45) is 0 Å². The summed E-state index contributed by atoms with van der Waals surface area (Å²) in [5, 5.41) is 0. The van der Waals surface area contributed by atoms with E-state index in [1.165, 1.54) is 57.8 Å². The predicted octanol–water partition coefficient (Wildman–Crippen LogP) is 5.70. The van der Waals surface area contributed by atoms with Gasteiger partial charge in [-0.3, -0.25) is 0 Å². The Kier molecular flexibility index (Phi) is 11.8. The van der Waals surface area contributed by atoms with Crippen molar-refractivity contribution < 1.29 is 9.53 Å². The van der Waals surface area contributed by atoms with Crippen molar-refractivity contribution in [3.05, 3.63) is 12.2 Å². The first-order valence-electron chi connectivity index (χ1n) is 9.41. The quantitative estimate of drug-likeness (QED) is 0.342. The molecule has 128 valence electrons. The van der Waals surface area contributed by atoms with Gasteiger partial charge >= 0.3 is 6.09 Å². The number of hydrogen-bond acceptors (Lipinski definition) is 2. The molecule has 0 aromatic carbocycles. The van der Waals surface area contributed by atoms with Gasteiger partial charge in [-0.1, -0.05) is 57.6 Å². The Morgan fingerprint density at radius 1 is 0.955 bits per heavy atom. The molecular weight excluding hydrogens is 274 g/mol. The first-order valence-corrected chi connectivity index (χ1v) is 9.41. The second kappa shape index (κ2) is 13.7. The molecule has 1 heterocycles. The first-order chi connectivity index (χ1) is 10.8. The summed E-state index contributed by atoms with van der Waals surface area (Å²) in [5.41, 5.74) is 0. The zero-order chi connectivity index (χ0) is 15.9. The standard InChI is InChI=1S/C19H35NO2/c1-2-3-4-5-6-7-8-9-10-11-12-13-16-20-17-14-15-18-22-19(20)21/h5-6H,2-4,7-18H2,1H3. The van der Waals surface area contributed by atoms with Crippen LogP contribution in [0.25, 0.3) is 0 Å². The summed E-state index contributed by atoms with van der Waals surface area (Å²) < 4.78 is 5.15. The molecule has 3 heteroatoms. The van der Waals surface area contributed by atoms with Crippen molar-refractivity contribution in [3.63, 3.8) is 0 Å². The number of carbonyl (C=O) groups is 1. The van der Waals surface area contributed by atoms with Crippen LogP contribution in [-0.4, -0.2) is 30.7 Å². The lowest BCUT2D eigenvalue weighted by atomic mass is 10.1. The summed E-state index contributed by atoms with van der Waals surface area (Å²) in [5.74, 6) is 0. The van der Waals surface area contributed by atoms with E-state index in [9.17, 15) is 4.79 Å². The number of cyclic esters (lactones) is 1. The van der Waals surface area contributed by atoms with Gasteiger partial charge in [0.15, 0.2) is 0 Å². The van der Waals surface area contributed by atoms with Crippen molar-refractivity contribution in [1.29, 1.82) is 0 Å². The summed E-state index contributed by atoms with van der Waals surface area (Å²) in [4.78, 5) is 13.5. The van der Waals surface area contributed by atoms with Crippen molar-refractivity contribution >= 4 is 6.09 Å². The SMILES string of the molecule is CCCCC=CCCCCCCCCN1CCCCOC1=O. The van der Waals surface area contributed by atoms with Gasteiger partial charge in [0.1, 0.15) is 0 Å². The van der Waals surface area contributed by atoms with E-state index in [1.54, 1.807) is 0 Å². The highest BCUT2D eigenvalue weighted by molar-refractivity contribution is 5.67. The van der Waals surface area contributed by atoms with Gasteiger partial charge in [-0.15, -0.1) is 0 Å². The van der Waals surface area contributed by atoms with E-state index in [1.807, 2.05) is 4.90 Å². The Morgan fingerprint density at radius 2 is 1.64 bits per heavy atom. The van der Waals surface area contributed by atoms with Crippen LogP contribution >= 0.6 is 0 Å². The number of rotatable bonds is 12. The number of allylic oxidation sites excluding steroid dienone is 2. The minimum Gasteiger partial charge on any atom is -0.449 e. The van der Waals surface area contributed by atoms with Crippen molar-refractivity contribution in [1.82, 2.24) is 4.90 Å². The summed E-state index contributed by atoms with van der Waals surface area (Å²) in [7, 11) is 0. The van der Waals surface area contributed by atoms with Gasteiger partial charge in [-0.05, 0) is 38.5 Å². The third kappa shape index (κ3) is 9.86. The van der Waals surface area contributed by atoms with E-state index in [2.05, 4.69) is 19.1 Å². The zero-order valence-corrected chi connectivity index (χ0v) is 14.5. The minimum atomic E-state index is -0.104. The fourth-order valence-corrected chi connectivity index (χ4v) is 2.78. The zero-order valence-electron chi connectivity index (χ0n) is 14.5. The molecule has 0 bridgehead atoms. The van der Waals surface area contributed by atoms with E-state index in [0.29, 0.717) is 6.61 Å². The molecule has 1 fully saturated rings. The molecule has 0 radical (unpaired) electrons. The first kappa shape index (κ1) is 19.1. The van der Waals surface area contributed by atoms with Crippen molar-refractivity contribution in [2.75, 3.05) is 19.7 Å². The maximum atomic E-state index is 11.6. The molecule has 0 aromatic rings. The van der Waals surface area contributed by atoms with Crippen LogP contribution in [0.3, 0.4) is 0 Å². The van der Waals surface area contributed by atoms with Gasteiger partial charge < -0.3 is 9.64 Å². The fraction of sp³-hybridized carbons (Fsp3) is 0.842. The van der Waals surface area contributed by atoms with Gasteiger partial charge in [-0.2, -0.15) is 0 Å². The molecule has 0 aromatic heterocycles. The van der Waals surface area contributed by atoms with Crippen LogP contribution < -0.4 is 0 Å². The molecule has 1 rings (SSSR count). The van der Waals surface area contributed by atoms with Gasteiger partial charge in [-0.25, -0.2) is 4.79 Å². The highest BCUT2D eigenvalue weighted by Gasteiger charge is 2.16. The van der Waals surface area contributed by atoms with E-state index >= 15 is 0 Å². The summed E-state index contributed by atoms with van der Waals surface area (Å²) in [6.07, 6.45) is 19.4. The number of unbranched alkanes of at least 4 members (excludes halogenated alkanes) is 8. The molecule has 0 spiro atoms. The summed E-state index contributed by atoms with van der Waals surface area (Å²) in [6.45, 7) is 4.59. The number of carbonyl (C=O) groups excluding carboxylic acids is 1. The molecule has 0 aliphatic carbocycles. The molecule has 1 saturated heterocycles. The molecule has 0 saturated carbocycles. The van der Waals surface area contributed by atoms with E-state index < -0.39 is 0 Å². The lowest BCUT2D eigenvalue weighted by Crippen LogP contribution is -2.31. The third-order valence-corrected chi connectivity index (χ3v) is 4.25. The Morgan fingerprint density at radius 3 is 2.41 bits per heavy atom. The highest BCUT2D eigenvalue weighted by Crippen LogP contribution is 2.11. The molecule has 0 N–H and O–H groups in total. The monoisotopic (exact) mass is 309 g/mol. The average molecular weight is 309 g/mol. The highest BCUT2D eigenvalue weighted by atomic mass is 16.6. The summed E-state index contributed by atoms with van der Waals surface area (Å²) >= 11 is 0. The van der Waals surface area contributed by atoms with Gasteiger partial charge in [0.25, 0.3) is 0 Å². The van der Waals surface area contributed by atoms with Crippen LogP contribution in [-0.2, 0) is 4.74 Å². The van der Waals surface area contributed by atoms with Crippen LogP contribution in [0.4, 0.5) is 4.79 Å². The van der Waals surface area contributed by atoms with Gasteiger partial charge in [0.2, 0.25) is 0 Å². The van der Waals surface area contributed by atoms with Crippen LogP contribution in [0.5, 0.6) is 0 Å². The third-order valence-electron chi connectivity index (χ3n) is 4.25. The van der Waals surface area contributed by atoms with Crippen LogP contribution in [0.1, 0.15) is 84.0 Å². The van der Waals surface area contributed by atoms with Crippen molar-refractivity contribution in [2.45, 2.75) is 84.0 Å². The Bertz CT molecular complexity index is 302. The molecule has 0 unspecified atom stereocenters. The Labute approximate surface area is 137 Å². The largest absolute Gasteiger partial charge is 0.449 e. The van der Waals surface area contributed by atoms with Crippen LogP contribution in [0.2, 0.25) is 0 Å². The maximum Gasteiger partial charge on any atom is 0.409 e. The molecule has 1 amide bonds. The predicted molar refractivity (Wildman–Crippen MR) is 93.1 cm³/mol. The lowest BCUT2D eigenvalue weighted by molar-refractivity contribution is 0.115. The van der Waals surface area contributed by atoms with Gasteiger partial charge in [0.05, 0.1) is 6.61 Å².